The standard InChI is InChI=1S/C15H27N5OS/c1-11-7-8-13(10-12(11)2)19(3)14(21)6-5-9-22-15-16-17-18-20(15)4/h11-13H,5-10H2,1-4H3. The molecule has 0 bridgehead atoms. The number of hydrogen-bond acceptors (Lipinski definition) is 5. The normalized spacial score (nSPS) is 25.2. The van der Waals surface area contributed by atoms with Crippen molar-refractivity contribution in [3.05, 3.63) is 0 Å². The zero-order valence-electron chi connectivity index (χ0n) is 14.0. The van der Waals surface area contributed by atoms with E-state index in [0.29, 0.717) is 18.4 Å². The maximum Gasteiger partial charge on any atom is 0.222 e. The molecule has 1 saturated carbocycles. The highest BCUT2D eigenvalue weighted by molar-refractivity contribution is 7.99. The summed E-state index contributed by atoms with van der Waals surface area (Å²) in [5.74, 6) is 2.64. The Labute approximate surface area is 137 Å². The fourth-order valence-corrected chi connectivity index (χ4v) is 3.77. The average Bonchev–Trinajstić information content (AvgIpc) is 2.91. The van der Waals surface area contributed by atoms with Gasteiger partial charge in [-0.15, -0.1) is 5.10 Å². The van der Waals surface area contributed by atoms with Crippen LogP contribution >= 0.6 is 11.8 Å². The molecule has 1 aromatic rings. The SMILES string of the molecule is CC1CCC(N(C)C(=O)CCCSc2nnnn2C)CC1C. The molecule has 1 aromatic heterocycles. The number of hydrogen-bond donors (Lipinski definition) is 0. The van der Waals surface area contributed by atoms with Crippen LogP contribution in [-0.4, -0.2) is 49.9 Å². The maximum absolute atomic E-state index is 12.3. The molecule has 1 heterocycles. The molecule has 124 valence electrons. The number of nitrogens with zero attached hydrogens (tertiary/aromatic N) is 5. The third-order valence-electron chi connectivity index (χ3n) is 4.86. The van der Waals surface area contributed by atoms with Crippen molar-refractivity contribution in [3.63, 3.8) is 0 Å². The number of carbonyl (C=O) groups is 1. The number of aromatic nitrogens is 4. The van der Waals surface area contributed by atoms with E-state index >= 15 is 0 Å². The first kappa shape index (κ1) is 17.2. The molecule has 1 aliphatic rings. The predicted octanol–water partition coefficient (Wildman–Crippen LogP) is 2.37. The molecule has 3 atom stereocenters. The molecule has 0 N–H and O–H groups in total. The van der Waals surface area contributed by atoms with Crippen LogP contribution in [-0.2, 0) is 11.8 Å². The van der Waals surface area contributed by atoms with Crippen molar-refractivity contribution in [1.29, 1.82) is 0 Å². The second-order valence-corrected chi connectivity index (χ2v) is 7.53. The van der Waals surface area contributed by atoms with Gasteiger partial charge in [0.2, 0.25) is 11.1 Å². The third-order valence-corrected chi connectivity index (χ3v) is 5.96. The van der Waals surface area contributed by atoms with Crippen molar-refractivity contribution in [3.8, 4) is 0 Å². The van der Waals surface area contributed by atoms with Gasteiger partial charge in [0.1, 0.15) is 0 Å². The van der Waals surface area contributed by atoms with Gasteiger partial charge < -0.3 is 4.90 Å². The highest BCUT2D eigenvalue weighted by Crippen LogP contribution is 2.31. The lowest BCUT2D eigenvalue weighted by atomic mass is 9.78. The molecule has 1 fully saturated rings. The summed E-state index contributed by atoms with van der Waals surface area (Å²) in [6, 6.07) is 0.425. The molecule has 0 aliphatic heterocycles. The summed E-state index contributed by atoms with van der Waals surface area (Å²) in [6.45, 7) is 4.63. The molecule has 2 rings (SSSR count). The molecule has 0 saturated heterocycles. The second-order valence-electron chi connectivity index (χ2n) is 6.46. The summed E-state index contributed by atoms with van der Waals surface area (Å²) in [4.78, 5) is 14.3. The third kappa shape index (κ3) is 4.44. The zero-order valence-corrected chi connectivity index (χ0v) is 14.8. The summed E-state index contributed by atoms with van der Waals surface area (Å²) >= 11 is 1.60. The van der Waals surface area contributed by atoms with Gasteiger partial charge in [-0.25, -0.2) is 4.68 Å². The highest BCUT2D eigenvalue weighted by Gasteiger charge is 2.28. The Balaban J connectivity index is 1.69. The van der Waals surface area contributed by atoms with E-state index in [-0.39, 0.29) is 5.91 Å². The minimum Gasteiger partial charge on any atom is -0.343 e. The van der Waals surface area contributed by atoms with E-state index < -0.39 is 0 Å². The summed E-state index contributed by atoms with van der Waals surface area (Å²) < 4.78 is 1.66. The van der Waals surface area contributed by atoms with E-state index in [1.165, 1.54) is 6.42 Å². The average molecular weight is 325 g/mol. The van der Waals surface area contributed by atoms with Crippen molar-refractivity contribution < 1.29 is 4.79 Å². The minimum absolute atomic E-state index is 0.267. The van der Waals surface area contributed by atoms with Gasteiger partial charge in [0.25, 0.3) is 0 Å². The van der Waals surface area contributed by atoms with E-state index in [9.17, 15) is 4.79 Å². The lowest BCUT2D eigenvalue weighted by Gasteiger charge is -2.37. The minimum atomic E-state index is 0.267. The Morgan fingerprint density at radius 1 is 1.36 bits per heavy atom. The van der Waals surface area contributed by atoms with Crippen LogP contribution in [0.25, 0.3) is 0 Å². The first-order chi connectivity index (χ1) is 10.5. The summed E-state index contributed by atoms with van der Waals surface area (Å²) in [5.41, 5.74) is 0. The van der Waals surface area contributed by atoms with Gasteiger partial charge in [-0.2, -0.15) is 0 Å². The Morgan fingerprint density at radius 3 is 2.77 bits per heavy atom. The molecule has 7 heteroatoms. The van der Waals surface area contributed by atoms with E-state index in [1.807, 2.05) is 19.0 Å². The monoisotopic (exact) mass is 325 g/mol. The van der Waals surface area contributed by atoms with E-state index in [0.717, 1.165) is 36.1 Å². The van der Waals surface area contributed by atoms with Crippen molar-refractivity contribution >= 4 is 17.7 Å². The number of rotatable bonds is 6. The number of tetrazole rings is 1. The summed E-state index contributed by atoms with van der Waals surface area (Å²) in [5, 5.41) is 12.1. The molecule has 1 aliphatic carbocycles. The van der Waals surface area contributed by atoms with Gasteiger partial charge in [-0.1, -0.05) is 25.6 Å². The molecule has 6 nitrogen and oxygen atoms in total. The molecule has 0 spiro atoms. The lowest BCUT2D eigenvalue weighted by Crippen LogP contribution is -2.41. The van der Waals surface area contributed by atoms with Gasteiger partial charge in [-0.05, 0) is 47.9 Å². The van der Waals surface area contributed by atoms with Crippen LogP contribution in [0.15, 0.2) is 5.16 Å². The fourth-order valence-electron chi connectivity index (χ4n) is 2.98. The second kappa shape index (κ2) is 7.94. The topological polar surface area (TPSA) is 63.9 Å². The quantitative estimate of drug-likeness (QED) is 0.593. The smallest absolute Gasteiger partial charge is 0.222 e. The molecule has 0 radical (unpaired) electrons. The van der Waals surface area contributed by atoms with Crippen LogP contribution in [0.4, 0.5) is 0 Å². The maximum atomic E-state index is 12.3. The van der Waals surface area contributed by atoms with Crippen LogP contribution in [0, 0.1) is 11.8 Å². The molecule has 1 amide bonds. The van der Waals surface area contributed by atoms with E-state index in [4.69, 9.17) is 0 Å². The van der Waals surface area contributed by atoms with Gasteiger partial charge in [0.15, 0.2) is 0 Å². The van der Waals surface area contributed by atoms with Crippen molar-refractivity contribution in [1.82, 2.24) is 25.1 Å². The van der Waals surface area contributed by atoms with Crippen LogP contribution < -0.4 is 0 Å². The highest BCUT2D eigenvalue weighted by atomic mass is 32.2. The number of amides is 1. The van der Waals surface area contributed by atoms with Gasteiger partial charge in [-0.3, -0.25) is 4.79 Å². The lowest BCUT2D eigenvalue weighted by molar-refractivity contribution is -0.133. The van der Waals surface area contributed by atoms with Gasteiger partial charge in [0, 0.05) is 32.3 Å². The van der Waals surface area contributed by atoms with Crippen LogP contribution in [0.3, 0.4) is 0 Å². The van der Waals surface area contributed by atoms with Crippen LogP contribution in [0.5, 0.6) is 0 Å². The van der Waals surface area contributed by atoms with Crippen LogP contribution in [0.1, 0.15) is 46.0 Å². The molecule has 3 unspecified atom stereocenters. The van der Waals surface area contributed by atoms with Gasteiger partial charge >= 0.3 is 0 Å². The van der Waals surface area contributed by atoms with Crippen molar-refractivity contribution in [2.24, 2.45) is 18.9 Å². The Morgan fingerprint density at radius 2 is 2.14 bits per heavy atom. The summed E-state index contributed by atoms with van der Waals surface area (Å²) in [6.07, 6.45) is 4.99. The zero-order chi connectivity index (χ0) is 16.1. The molecular weight excluding hydrogens is 298 g/mol. The Kier molecular flexibility index (Phi) is 6.23. The molecule has 0 aromatic carbocycles. The molecule has 22 heavy (non-hydrogen) atoms. The van der Waals surface area contributed by atoms with Gasteiger partial charge in [0.05, 0.1) is 0 Å². The number of thioether (sulfide) groups is 1. The van der Waals surface area contributed by atoms with E-state index in [2.05, 4.69) is 29.4 Å². The Hall–Kier alpha value is -1.11. The first-order valence-corrected chi connectivity index (χ1v) is 9.08. The van der Waals surface area contributed by atoms with Crippen molar-refractivity contribution in [2.45, 2.75) is 57.1 Å². The van der Waals surface area contributed by atoms with Crippen molar-refractivity contribution in [2.75, 3.05) is 12.8 Å². The number of carbonyl (C=O) groups excluding carboxylic acids is 1. The largest absolute Gasteiger partial charge is 0.343 e. The number of aryl methyl sites for hydroxylation is 1. The summed E-state index contributed by atoms with van der Waals surface area (Å²) in [7, 11) is 3.79. The van der Waals surface area contributed by atoms with Crippen LogP contribution in [0.2, 0.25) is 0 Å². The fraction of sp³-hybridized carbons (Fsp3) is 0.867. The van der Waals surface area contributed by atoms with E-state index in [1.54, 1.807) is 16.4 Å². The molecular formula is C15H27N5OS. The first-order valence-electron chi connectivity index (χ1n) is 8.09. The Bertz CT molecular complexity index is 492. The predicted molar refractivity (Wildman–Crippen MR) is 87.5 cm³/mol.